The second-order valence-electron chi connectivity index (χ2n) is 9.98. The summed E-state index contributed by atoms with van der Waals surface area (Å²) < 4.78 is 6.02. The van der Waals surface area contributed by atoms with Crippen LogP contribution in [0.2, 0.25) is 0 Å². The number of fused-ring (bicyclic) bond motifs is 3. The summed E-state index contributed by atoms with van der Waals surface area (Å²) in [4.78, 5) is 39.8. The lowest BCUT2D eigenvalue weighted by Gasteiger charge is -2.22. The summed E-state index contributed by atoms with van der Waals surface area (Å²) in [6.45, 7) is 5.18. The van der Waals surface area contributed by atoms with Crippen LogP contribution in [0.1, 0.15) is 56.0 Å². The first-order chi connectivity index (χ1) is 19.2. The molecule has 0 spiro atoms. The molecular weight excluding hydrogens is 526 g/mol. The third-order valence-corrected chi connectivity index (χ3v) is 7.65. The van der Waals surface area contributed by atoms with Gasteiger partial charge in [-0.15, -0.1) is 11.3 Å². The average Bonchev–Trinajstić information content (AvgIpc) is 3.45. The van der Waals surface area contributed by atoms with E-state index in [0.717, 1.165) is 21.6 Å². The van der Waals surface area contributed by atoms with Gasteiger partial charge < -0.3 is 26.2 Å². The molecule has 8 nitrogen and oxygen atoms in total. The Morgan fingerprint density at radius 1 is 0.950 bits per heavy atom. The number of carboxylic acid groups (broad SMARTS) is 1. The summed E-state index contributed by atoms with van der Waals surface area (Å²) in [5.74, 6) is -1.17. The van der Waals surface area contributed by atoms with Gasteiger partial charge in [0.25, 0.3) is 11.8 Å². The number of carbonyl (C=O) groups is 3. The molecular formula is C31H29N3O5S. The Hall–Kier alpha value is -4.47. The normalized spacial score (nSPS) is 11.8. The molecule has 204 valence electrons. The van der Waals surface area contributed by atoms with Crippen LogP contribution in [0.15, 0.2) is 66.0 Å². The lowest BCUT2D eigenvalue weighted by molar-refractivity contribution is 0.0697. The van der Waals surface area contributed by atoms with Crippen molar-refractivity contribution in [3.05, 3.63) is 93.9 Å². The fourth-order valence-electron chi connectivity index (χ4n) is 4.55. The maximum atomic E-state index is 13.7. The van der Waals surface area contributed by atoms with Crippen molar-refractivity contribution in [3.63, 3.8) is 0 Å². The van der Waals surface area contributed by atoms with Crippen molar-refractivity contribution in [2.45, 2.75) is 27.0 Å². The topological polar surface area (TPSA) is 131 Å². The molecule has 40 heavy (non-hydrogen) atoms. The molecule has 0 radical (unpaired) electrons. The van der Waals surface area contributed by atoms with Gasteiger partial charge in [-0.25, -0.2) is 4.79 Å². The molecule has 2 heterocycles. The second kappa shape index (κ2) is 11.3. The number of carbonyl (C=O) groups excluding carboxylic acids is 2. The van der Waals surface area contributed by atoms with Crippen molar-refractivity contribution in [3.8, 4) is 27.3 Å². The summed E-state index contributed by atoms with van der Waals surface area (Å²) in [6.07, 6.45) is 0. The SMILES string of the molecule is CC(C)CNC(=O)c1ccc(-c2cc3c(cc2C(=O)Nc2ccc(CN)cc2)-c2sccc2CO3)c(C(=O)O)c1. The molecule has 0 saturated heterocycles. The van der Waals surface area contributed by atoms with Crippen molar-refractivity contribution in [1.29, 1.82) is 0 Å². The summed E-state index contributed by atoms with van der Waals surface area (Å²) in [5, 5.41) is 17.8. The zero-order valence-electron chi connectivity index (χ0n) is 22.1. The Bertz CT molecular complexity index is 1610. The number of anilines is 1. The predicted octanol–water partition coefficient (Wildman–Crippen LogP) is 5.77. The Kier molecular flexibility index (Phi) is 7.68. The Morgan fingerprint density at radius 2 is 1.73 bits per heavy atom. The number of benzene rings is 3. The minimum Gasteiger partial charge on any atom is -0.488 e. The number of carboxylic acids is 1. The number of nitrogens with one attached hydrogen (secondary N) is 2. The molecule has 3 aromatic carbocycles. The van der Waals surface area contributed by atoms with E-state index in [4.69, 9.17) is 10.5 Å². The largest absolute Gasteiger partial charge is 0.488 e. The zero-order valence-corrected chi connectivity index (χ0v) is 22.9. The Morgan fingerprint density at radius 3 is 2.42 bits per heavy atom. The van der Waals surface area contributed by atoms with Gasteiger partial charge in [0.15, 0.2) is 0 Å². The number of ether oxygens (including phenoxy) is 1. The number of amides is 2. The quantitative estimate of drug-likeness (QED) is 0.218. The van der Waals surface area contributed by atoms with E-state index >= 15 is 0 Å². The van der Waals surface area contributed by atoms with Crippen LogP contribution in [0.3, 0.4) is 0 Å². The minimum absolute atomic E-state index is 0.0916. The molecule has 9 heteroatoms. The number of thiophene rings is 1. The van der Waals surface area contributed by atoms with E-state index in [9.17, 15) is 19.5 Å². The van der Waals surface area contributed by atoms with Gasteiger partial charge in [-0.1, -0.05) is 32.0 Å². The van der Waals surface area contributed by atoms with Crippen LogP contribution in [0.4, 0.5) is 5.69 Å². The Balaban J connectivity index is 1.61. The van der Waals surface area contributed by atoms with Gasteiger partial charge in [-0.05, 0) is 70.5 Å². The zero-order chi connectivity index (χ0) is 28.4. The molecule has 2 amide bonds. The standard InChI is InChI=1S/C31H29N3O5S/c1-17(2)15-33-29(35)19-5-8-22(25(11-19)31(37)38)23-13-27-26(28-20(16-39-27)9-10-40-28)12-24(23)30(36)34-21-6-3-18(14-32)4-7-21/h3-13,17H,14-16,32H2,1-2H3,(H,33,35)(H,34,36)(H,37,38). The molecule has 0 saturated carbocycles. The van der Waals surface area contributed by atoms with Crippen molar-refractivity contribution in [2.75, 3.05) is 11.9 Å². The number of hydrogen-bond acceptors (Lipinski definition) is 6. The maximum absolute atomic E-state index is 13.7. The van der Waals surface area contributed by atoms with Crippen molar-refractivity contribution >= 4 is 34.8 Å². The van der Waals surface area contributed by atoms with E-state index in [0.29, 0.717) is 42.3 Å². The van der Waals surface area contributed by atoms with E-state index in [1.165, 1.54) is 6.07 Å². The van der Waals surface area contributed by atoms with Crippen LogP contribution in [-0.2, 0) is 13.2 Å². The molecule has 0 unspecified atom stereocenters. The smallest absolute Gasteiger partial charge is 0.336 e. The van der Waals surface area contributed by atoms with E-state index in [1.54, 1.807) is 47.7 Å². The highest BCUT2D eigenvalue weighted by molar-refractivity contribution is 7.13. The van der Waals surface area contributed by atoms with Crippen LogP contribution in [0.25, 0.3) is 21.6 Å². The number of hydrogen-bond donors (Lipinski definition) is 4. The van der Waals surface area contributed by atoms with Crippen LogP contribution in [0, 0.1) is 5.92 Å². The first-order valence-electron chi connectivity index (χ1n) is 12.9. The number of nitrogens with two attached hydrogens (primary N) is 1. The fourth-order valence-corrected chi connectivity index (χ4v) is 5.48. The highest BCUT2D eigenvalue weighted by Gasteiger charge is 2.26. The van der Waals surface area contributed by atoms with Crippen molar-refractivity contribution in [1.82, 2.24) is 5.32 Å². The second-order valence-corrected chi connectivity index (χ2v) is 10.9. The van der Waals surface area contributed by atoms with Gasteiger partial charge in [0.1, 0.15) is 12.4 Å². The molecule has 5 N–H and O–H groups in total. The number of rotatable bonds is 8. The third kappa shape index (κ3) is 5.47. The molecule has 4 aromatic rings. The lowest BCUT2D eigenvalue weighted by Crippen LogP contribution is -2.27. The van der Waals surface area contributed by atoms with E-state index in [1.807, 2.05) is 37.4 Å². The first kappa shape index (κ1) is 27.1. The summed E-state index contributed by atoms with van der Waals surface area (Å²) >= 11 is 1.56. The van der Waals surface area contributed by atoms with E-state index in [-0.39, 0.29) is 28.5 Å². The molecule has 0 bridgehead atoms. The predicted molar refractivity (Wildman–Crippen MR) is 156 cm³/mol. The fraction of sp³-hybridized carbons (Fsp3) is 0.194. The summed E-state index contributed by atoms with van der Waals surface area (Å²) in [6, 6.07) is 17.1. The molecule has 0 aliphatic carbocycles. The Labute approximate surface area is 235 Å². The van der Waals surface area contributed by atoms with Gasteiger partial charge in [-0.3, -0.25) is 9.59 Å². The molecule has 0 fully saturated rings. The van der Waals surface area contributed by atoms with Crippen molar-refractivity contribution in [2.24, 2.45) is 11.7 Å². The minimum atomic E-state index is -1.21. The van der Waals surface area contributed by atoms with Crippen LogP contribution in [0.5, 0.6) is 5.75 Å². The van der Waals surface area contributed by atoms with Crippen LogP contribution in [-0.4, -0.2) is 29.4 Å². The highest BCUT2D eigenvalue weighted by Crippen LogP contribution is 2.45. The first-order valence-corrected chi connectivity index (χ1v) is 13.8. The lowest BCUT2D eigenvalue weighted by atomic mass is 9.90. The van der Waals surface area contributed by atoms with Gasteiger partial charge in [-0.2, -0.15) is 0 Å². The highest BCUT2D eigenvalue weighted by atomic mass is 32.1. The molecule has 1 aromatic heterocycles. The van der Waals surface area contributed by atoms with E-state index in [2.05, 4.69) is 10.6 Å². The van der Waals surface area contributed by atoms with Crippen LogP contribution < -0.4 is 21.1 Å². The molecule has 1 aliphatic heterocycles. The van der Waals surface area contributed by atoms with Gasteiger partial charge in [0.05, 0.1) is 5.56 Å². The van der Waals surface area contributed by atoms with Crippen molar-refractivity contribution < 1.29 is 24.2 Å². The summed E-state index contributed by atoms with van der Waals surface area (Å²) in [5.41, 5.74) is 10.1. The van der Waals surface area contributed by atoms with Gasteiger partial charge >= 0.3 is 5.97 Å². The van der Waals surface area contributed by atoms with Gasteiger partial charge in [0.2, 0.25) is 0 Å². The monoisotopic (exact) mass is 555 g/mol. The number of aromatic carboxylic acids is 1. The average molecular weight is 556 g/mol. The molecule has 5 rings (SSSR count). The van der Waals surface area contributed by atoms with Crippen LogP contribution >= 0.6 is 11.3 Å². The van der Waals surface area contributed by atoms with Gasteiger partial charge in [0, 0.05) is 45.9 Å². The summed E-state index contributed by atoms with van der Waals surface area (Å²) in [7, 11) is 0. The molecule has 0 atom stereocenters. The van der Waals surface area contributed by atoms with E-state index < -0.39 is 11.9 Å². The maximum Gasteiger partial charge on any atom is 0.336 e. The third-order valence-electron chi connectivity index (χ3n) is 6.66. The molecule has 1 aliphatic rings.